The van der Waals surface area contributed by atoms with Crippen LogP contribution in [0.15, 0.2) is 0 Å². The van der Waals surface area contributed by atoms with Gasteiger partial charge >= 0.3 is 6.09 Å². The highest BCUT2D eigenvalue weighted by Crippen LogP contribution is 2.18. The molecule has 1 aliphatic carbocycles. The second-order valence-electron chi connectivity index (χ2n) is 6.53. The van der Waals surface area contributed by atoms with E-state index >= 15 is 0 Å². The van der Waals surface area contributed by atoms with E-state index in [1.165, 1.54) is 6.42 Å². The van der Waals surface area contributed by atoms with Crippen LogP contribution in [0.1, 0.15) is 47.0 Å². The number of hydrogen-bond donors (Lipinski definition) is 2. The molecule has 122 valence electrons. The van der Waals surface area contributed by atoms with Crippen LogP contribution in [0.5, 0.6) is 0 Å². The maximum absolute atomic E-state index is 11.1. The number of alkyl carbamates (subject to hydrolysis) is 1. The van der Waals surface area contributed by atoms with Crippen molar-refractivity contribution in [3.63, 3.8) is 0 Å². The van der Waals surface area contributed by atoms with Gasteiger partial charge in [0.25, 0.3) is 0 Å². The minimum atomic E-state index is -0.381. The van der Waals surface area contributed by atoms with Crippen molar-refractivity contribution >= 4 is 12.0 Å². The van der Waals surface area contributed by atoms with Crippen LogP contribution in [-0.2, 0) is 9.53 Å². The predicted octanol–water partition coefficient (Wildman–Crippen LogP) is 1.50. The summed E-state index contributed by atoms with van der Waals surface area (Å²) in [5, 5.41) is 5.99. The van der Waals surface area contributed by atoms with E-state index in [2.05, 4.69) is 10.6 Å². The number of hydrogen-bond acceptors (Lipinski definition) is 4. The van der Waals surface area contributed by atoms with E-state index in [4.69, 9.17) is 4.74 Å². The topological polar surface area (TPSA) is 70.7 Å². The summed E-state index contributed by atoms with van der Waals surface area (Å²) in [4.78, 5) is 23.7. The number of amides is 2. The molecule has 2 N–H and O–H groups in total. The van der Waals surface area contributed by atoms with Crippen molar-refractivity contribution in [1.82, 2.24) is 15.5 Å². The van der Waals surface area contributed by atoms with Crippen molar-refractivity contribution in [2.24, 2.45) is 0 Å². The first-order valence-corrected chi connectivity index (χ1v) is 7.73. The van der Waals surface area contributed by atoms with Crippen molar-refractivity contribution in [2.75, 3.05) is 26.2 Å². The van der Waals surface area contributed by atoms with Crippen LogP contribution in [0, 0.1) is 0 Å². The first-order chi connectivity index (χ1) is 9.78. The minimum absolute atomic E-state index is 0.191. The Bertz CT molecular complexity index is 343. The average Bonchev–Trinajstić information content (AvgIpc) is 2.34. The van der Waals surface area contributed by atoms with Crippen LogP contribution in [0.3, 0.4) is 0 Å². The van der Waals surface area contributed by atoms with E-state index in [1.807, 2.05) is 25.7 Å². The van der Waals surface area contributed by atoms with Crippen LogP contribution in [0.25, 0.3) is 0 Å². The summed E-state index contributed by atoms with van der Waals surface area (Å²) in [7, 11) is 0. The molecule has 21 heavy (non-hydrogen) atoms. The lowest BCUT2D eigenvalue weighted by Gasteiger charge is -2.28. The highest BCUT2D eigenvalue weighted by Gasteiger charge is 2.22. The lowest BCUT2D eigenvalue weighted by molar-refractivity contribution is -0.129. The van der Waals surface area contributed by atoms with Crippen molar-refractivity contribution in [3.05, 3.63) is 0 Å². The molecule has 1 aliphatic heterocycles. The second kappa shape index (κ2) is 8.22. The summed E-state index contributed by atoms with van der Waals surface area (Å²) in [6.07, 6.45) is 3.13. The second-order valence-corrected chi connectivity index (χ2v) is 6.53. The van der Waals surface area contributed by atoms with Gasteiger partial charge in [0.15, 0.2) is 0 Å². The molecular weight excluding hydrogens is 270 g/mol. The molecule has 2 aliphatic rings. The molecule has 2 amide bonds. The number of carbonyl (C=O) groups excluding carboxylic acids is 2. The molecule has 1 saturated carbocycles. The van der Waals surface area contributed by atoms with Gasteiger partial charge in [-0.1, -0.05) is 0 Å². The molecule has 1 heterocycles. The Morgan fingerprint density at radius 1 is 1.19 bits per heavy atom. The van der Waals surface area contributed by atoms with Crippen LogP contribution in [0.4, 0.5) is 4.79 Å². The molecule has 6 heteroatoms. The van der Waals surface area contributed by atoms with Gasteiger partial charge in [0.1, 0.15) is 5.60 Å². The fraction of sp³-hybridized carbons (Fsp3) is 0.867. The van der Waals surface area contributed by atoms with E-state index in [0.29, 0.717) is 6.04 Å². The van der Waals surface area contributed by atoms with E-state index in [1.54, 1.807) is 6.92 Å². The van der Waals surface area contributed by atoms with Gasteiger partial charge in [0.2, 0.25) is 5.91 Å². The lowest BCUT2D eigenvalue weighted by atomic mass is 9.93. The molecule has 6 nitrogen and oxygen atoms in total. The van der Waals surface area contributed by atoms with Crippen molar-refractivity contribution in [1.29, 1.82) is 0 Å². The summed E-state index contributed by atoms with van der Waals surface area (Å²) >= 11 is 0. The molecule has 0 aromatic carbocycles. The summed E-state index contributed by atoms with van der Waals surface area (Å²) < 4.78 is 5.09. The first-order valence-electron chi connectivity index (χ1n) is 7.73. The van der Waals surface area contributed by atoms with Gasteiger partial charge in [0.05, 0.1) is 0 Å². The summed E-state index contributed by atoms with van der Waals surface area (Å²) in [6.45, 7) is 10.9. The maximum atomic E-state index is 11.1. The van der Waals surface area contributed by atoms with Crippen LogP contribution in [-0.4, -0.2) is 54.7 Å². The number of nitrogens with one attached hydrogen (secondary N) is 2. The lowest BCUT2D eigenvalue weighted by Crippen LogP contribution is -2.45. The van der Waals surface area contributed by atoms with E-state index in [0.717, 1.165) is 39.0 Å². The highest BCUT2D eigenvalue weighted by atomic mass is 16.6. The molecule has 0 unspecified atom stereocenters. The Morgan fingerprint density at radius 3 is 2.10 bits per heavy atom. The normalized spacial score (nSPS) is 19.0. The van der Waals surface area contributed by atoms with E-state index in [9.17, 15) is 9.59 Å². The quantitative estimate of drug-likeness (QED) is 0.770. The van der Waals surface area contributed by atoms with Crippen LogP contribution >= 0.6 is 0 Å². The monoisotopic (exact) mass is 299 g/mol. The average molecular weight is 299 g/mol. The van der Waals surface area contributed by atoms with Crippen LogP contribution in [0.2, 0.25) is 0 Å². The predicted molar refractivity (Wildman–Crippen MR) is 82.1 cm³/mol. The molecule has 0 spiro atoms. The fourth-order valence-electron chi connectivity index (χ4n) is 2.01. The van der Waals surface area contributed by atoms with Gasteiger partial charge in [-0.25, -0.2) is 4.79 Å². The largest absolute Gasteiger partial charge is 0.444 e. The zero-order valence-corrected chi connectivity index (χ0v) is 13.7. The van der Waals surface area contributed by atoms with E-state index < -0.39 is 0 Å². The number of nitrogens with zero attached hydrogens (tertiary/aromatic N) is 1. The molecule has 1 saturated heterocycles. The standard InChI is InChI=1S/C9H17NO2.C6H12N2O/c1-9(2,3)12-8(11)10-7-5-4-6-7;1-6(9)8-4-2-7-3-5-8/h7H,4-6H2,1-3H3,(H,10,11);7H,2-5H2,1H3. The Hall–Kier alpha value is -1.30. The molecule has 0 aromatic heterocycles. The molecular formula is C15H29N3O3. The smallest absolute Gasteiger partial charge is 0.407 e. The third-order valence-corrected chi connectivity index (χ3v) is 3.39. The summed E-state index contributed by atoms with van der Waals surface area (Å²) in [5.41, 5.74) is -0.381. The molecule has 0 radical (unpaired) electrons. The third-order valence-electron chi connectivity index (χ3n) is 3.39. The van der Waals surface area contributed by atoms with Gasteiger partial charge in [-0.2, -0.15) is 0 Å². The van der Waals surface area contributed by atoms with Crippen molar-refractivity contribution in [2.45, 2.75) is 58.6 Å². The Morgan fingerprint density at radius 2 is 1.76 bits per heavy atom. The maximum Gasteiger partial charge on any atom is 0.407 e. The molecule has 2 fully saturated rings. The molecule has 2 rings (SSSR count). The number of ether oxygens (including phenoxy) is 1. The SMILES string of the molecule is CC(=O)N1CCNCC1.CC(C)(C)OC(=O)NC1CCC1. The summed E-state index contributed by atoms with van der Waals surface area (Å²) in [6, 6.07) is 0.361. The minimum Gasteiger partial charge on any atom is -0.444 e. The zero-order valence-electron chi connectivity index (χ0n) is 13.7. The molecule has 0 aromatic rings. The van der Waals surface area contributed by atoms with Gasteiger partial charge in [-0.05, 0) is 40.0 Å². The zero-order chi connectivity index (χ0) is 15.9. The first kappa shape index (κ1) is 17.8. The Labute approximate surface area is 127 Å². The van der Waals surface area contributed by atoms with Crippen molar-refractivity contribution in [3.8, 4) is 0 Å². The number of piperazine rings is 1. The fourth-order valence-corrected chi connectivity index (χ4v) is 2.01. The van der Waals surface area contributed by atoms with Gasteiger partial charge in [0, 0.05) is 39.1 Å². The van der Waals surface area contributed by atoms with Crippen molar-refractivity contribution < 1.29 is 14.3 Å². The Balaban J connectivity index is 0.000000219. The Kier molecular flexibility index (Phi) is 6.95. The van der Waals surface area contributed by atoms with Gasteiger partial charge in [-0.15, -0.1) is 0 Å². The molecule has 0 atom stereocenters. The molecule has 0 bridgehead atoms. The third kappa shape index (κ3) is 7.90. The van der Waals surface area contributed by atoms with E-state index in [-0.39, 0.29) is 17.6 Å². The van der Waals surface area contributed by atoms with Gasteiger partial charge < -0.3 is 20.3 Å². The summed E-state index contributed by atoms with van der Waals surface area (Å²) in [5.74, 6) is 0.191. The number of carbonyl (C=O) groups is 2. The number of rotatable bonds is 1. The highest BCUT2D eigenvalue weighted by molar-refractivity contribution is 5.73. The van der Waals surface area contributed by atoms with Gasteiger partial charge in [-0.3, -0.25) is 4.79 Å². The van der Waals surface area contributed by atoms with Crippen LogP contribution < -0.4 is 10.6 Å².